The fraction of sp³-hybridized carbons (Fsp3) is 0.294. The SMILES string of the molecule is O=[N+]([O-])c1cccc(CNCc2cccc(C3CC3)c2)c1. The second-order valence-corrected chi connectivity index (χ2v) is 5.55. The van der Waals surface area contributed by atoms with Crippen molar-refractivity contribution in [1.82, 2.24) is 5.32 Å². The monoisotopic (exact) mass is 282 g/mol. The summed E-state index contributed by atoms with van der Waals surface area (Å²) in [5, 5.41) is 14.1. The van der Waals surface area contributed by atoms with Crippen LogP contribution in [-0.2, 0) is 13.1 Å². The van der Waals surface area contributed by atoms with Crippen LogP contribution in [0.15, 0.2) is 48.5 Å². The zero-order chi connectivity index (χ0) is 14.7. The lowest BCUT2D eigenvalue weighted by molar-refractivity contribution is -0.384. The molecule has 4 nitrogen and oxygen atoms in total. The average Bonchev–Trinajstić information content (AvgIpc) is 3.33. The van der Waals surface area contributed by atoms with Crippen LogP contribution in [0.3, 0.4) is 0 Å². The second kappa shape index (κ2) is 6.06. The lowest BCUT2D eigenvalue weighted by Gasteiger charge is -2.07. The minimum Gasteiger partial charge on any atom is -0.309 e. The molecule has 2 aromatic carbocycles. The van der Waals surface area contributed by atoms with Gasteiger partial charge in [-0.05, 0) is 35.4 Å². The van der Waals surface area contributed by atoms with Crippen LogP contribution in [0.1, 0.15) is 35.4 Å². The van der Waals surface area contributed by atoms with E-state index in [1.165, 1.54) is 30.0 Å². The fourth-order valence-corrected chi connectivity index (χ4v) is 2.50. The maximum atomic E-state index is 10.7. The van der Waals surface area contributed by atoms with Crippen molar-refractivity contribution in [1.29, 1.82) is 0 Å². The van der Waals surface area contributed by atoms with Crippen LogP contribution in [0.5, 0.6) is 0 Å². The van der Waals surface area contributed by atoms with Crippen molar-refractivity contribution >= 4 is 5.69 Å². The lowest BCUT2D eigenvalue weighted by atomic mass is 10.1. The molecule has 0 saturated heterocycles. The highest BCUT2D eigenvalue weighted by molar-refractivity contribution is 5.34. The lowest BCUT2D eigenvalue weighted by Crippen LogP contribution is -2.12. The molecule has 4 heteroatoms. The van der Waals surface area contributed by atoms with Crippen LogP contribution in [0, 0.1) is 10.1 Å². The van der Waals surface area contributed by atoms with Crippen molar-refractivity contribution in [3.8, 4) is 0 Å². The molecule has 3 rings (SSSR count). The van der Waals surface area contributed by atoms with Gasteiger partial charge in [-0.15, -0.1) is 0 Å². The second-order valence-electron chi connectivity index (χ2n) is 5.55. The molecule has 0 unspecified atom stereocenters. The maximum Gasteiger partial charge on any atom is 0.269 e. The Hall–Kier alpha value is -2.20. The minimum absolute atomic E-state index is 0.144. The number of nitrogens with one attached hydrogen (secondary N) is 1. The predicted octanol–water partition coefficient (Wildman–Crippen LogP) is 3.76. The Bertz CT molecular complexity index is 651. The van der Waals surface area contributed by atoms with Gasteiger partial charge in [-0.1, -0.05) is 36.4 Å². The molecule has 0 aliphatic heterocycles. The quantitative estimate of drug-likeness (QED) is 0.648. The van der Waals surface area contributed by atoms with Gasteiger partial charge in [0.15, 0.2) is 0 Å². The number of benzene rings is 2. The number of non-ortho nitro benzene ring substituents is 1. The Balaban J connectivity index is 1.57. The third kappa shape index (κ3) is 3.67. The van der Waals surface area contributed by atoms with Crippen molar-refractivity contribution in [3.63, 3.8) is 0 Å². The third-order valence-electron chi connectivity index (χ3n) is 3.78. The molecular formula is C17H18N2O2. The number of nitrogens with zero attached hydrogens (tertiary/aromatic N) is 1. The average molecular weight is 282 g/mol. The molecule has 1 aliphatic rings. The van der Waals surface area contributed by atoms with Crippen LogP contribution in [-0.4, -0.2) is 4.92 Å². The summed E-state index contributed by atoms with van der Waals surface area (Å²) in [6.07, 6.45) is 2.62. The molecule has 0 heterocycles. The number of hydrogen-bond donors (Lipinski definition) is 1. The zero-order valence-electron chi connectivity index (χ0n) is 11.8. The van der Waals surface area contributed by atoms with Crippen LogP contribution in [0.4, 0.5) is 5.69 Å². The molecule has 21 heavy (non-hydrogen) atoms. The van der Waals surface area contributed by atoms with E-state index in [1.54, 1.807) is 12.1 Å². The van der Waals surface area contributed by atoms with Gasteiger partial charge in [0.1, 0.15) is 0 Å². The molecule has 0 radical (unpaired) electrons. The molecule has 1 aliphatic carbocycles. The highest BCUT2D eigenvalue weighted by Gasteiger charge is 2.23. The molecule has 108 valence electrons. The fourth-order valence-electron chi connectivity index (χ4n) is 2.50. The van der Waals surface area contributed by atoms with Crippen molar-refractivity contribution in [2.24, 2.45) is 0 Å². The summed E-state index contributed by atoms with van der Waals surface area (Å²) in [6.45, 7) is 1.42. The molecule has 2 aromatic rings. The van der Waals surface area contributed by atoms with Crippen molar-refractivity contribution in [2.45, 2.75) is 31.8 Å². The van der Waals surface area contributed by atoms with Gasteiger partial charge < -0.3 is 5.32 Å². The van der Waals surface area contributed by atoms with E-state index < -0.39 is 0 Å². The first-order chi connectivity index (χ1) is 10.2. The number of nitro groups is 1. The highest BCUT2D eigenvalue weighted by atomic mass is 16.6. The van der Waals surface area contributed by atoms with E-state index in [2.05, 4.69) is 29.6 Å². The molecule has 0 bridgehead atoms. The van der Waals surface area contributed by atoms with Crippen LogP contribution >= 0.6 is 0 Å². The van der Waals surface area contributed by atoms with Crippen molar-refractivity contribution < 1.29 is 4.92 Å². The van der Waals surface area contributed by atoms with E-state index in [1.807, 2.05) is 6.07 Å². The Morgan fingerprint density at radius 1 is 1.05 bits per heavy atom. The molecule has 1 fully saturated rings. The van der Waals surface area contributed by atoms with Crippen LogP contribution in [0.2, 0.25) is 0 Å². The number of hydrogen-bond acceptors (Lipinski definition) is 3. The van der Waals surface area contributed by atoms with Crippen molar-refractivity contribution in [3.05, 3.63) is 75.3 Å². The van der Waals surface area contributed by atoms with E-state index in [-0.39, 0.29) is 10.6 Å². The zero-order valence-corrected chi connectivity index (χ0v) is 11.8. The van der Waals surface area contributed by atoms with E-state index in [0.29, 0.717) is 6.54 Å². The number of nitro benzene ring substituents is 1. The summed E-state index contributed by atoms with van der Waals surface area (Å²) in [7, 11) is 0. The predicted molar refractivity (Wildman–Crippen MR) is 82.1 cm³/mol. The van der Waals surface area contributed by atoms with Gasteiger partial charge in [-0.2, -0.15) is 0 Å². The molecular weight excluding hydrogens is 264 g/mol. The summed E-state index contributed by atoms with van der Waals surface area (Å²) in [6, 6.07) is 15.4. The third-order valence-corrected chi connectivity index (χ3v) is 3.78. The molecule has 1 saturated carbocycles. The van der Waals surface area contributed by atoms with Gasteiger partial charge in [-0.3, -0.25) is 10.1 Å². The molecule has 0 aromatic heterocycles. The van der Waals surface area contributed by atoms with Crippen LogP contribution < -0.4 is 5.32 Å². The van der Waals surface area contributed by atoms with Crippen molar-refractivity contribution in [2.75, 3.05) is 0 Å². The van der Waals surface area contributed by atoms with E-state index >= 15 is 0 Å². The Morgan fingerprint density at radius 3 is 2.38 bits per heavy atom. The largest absolute Gasteiger partial charge is 0.309 e. The van der Waals surface area contributed by atoms with Gasteiger partial charge in [-0.25, -0.2) is 0 Å². The molecule has 0 amide bonds. The Kier molecular flexibility index (Phi) is 3.97. The Morgan fingerprint density at radius 2 is 1.71 bits per heavy atom. The summed E-state index contributed by atoms with van der Waals surface area (Å²) in [5.41, 5.74) is 3.78. The van der Waals surface area contributed by atoms with Gasteiger partial charge in [0.2, 0.25) is 0 Å². The summed E-state index contributed by atoms with van der Waals surface area (Å²) in [4.78, 5) is 10.4. The topological polar surface area (TPSA) is 55.2 Å². The van der Waals surface area contributed by atoms with Gasteiger partial charge in [0, 0.05) is 25.2 Å². The highest BCUT2D eigenvalue weighted by Crippen LogP contribution is 2.40. The first-order valence-corrected chi connectivity index (χ1v) is 7.25. The number of rotatable bonds is 6. The smallest absolute Gasteiger partial charge is 0.269 e. The van der Waals surface area contributed by atoms with E-state index in [0.717, 1.165) is 18.0 Å². The maximum absolute atomic E-state index is 10.7. The van der Waals surface area contributed by atoms with Crippen LogP contribution in [0.25, 0.3) is 0 Å². The van der Waals surface area contributed by atoms with Gasteiger partial charge >= 0.3 is 0 Å². The normalized spacial score (nSPS) is 14.1. The first kappa shape index (κ1) is 13.8. The summed E-state index contributed by atoms with van der Waals surface area (Å²) >= 11 is 0. The minimum atomic E-state index is -0.359. The standard InChI is InChI=1S/C17H18N2O2/c20-19(21)17-6-2-4-14(10-17)12-18-11-13-3-1-5-16(9-13)15-7-8-15/h1-6,9-10,15,18H,7-8,11-12H2. The first-order valence-electron chi connectivity index (χ1n) is 7.25. The molecule has 1 N–H and O–H groups in total. The molecule has 0 spiro atoms. The van der Waals surface area contributed by atoms with E-state index in [9.17, 15) is 10.1 Å². The van der Waals surface area contributed by atoms with E-state index in [4.69, 9.17) is 0 Å². The van der Waals surface area contributed by atoms with Gasteiger partial charge in [0.25, 0.3) is 5.69 Å². The summed E-state index contributed by atoms with van der Waals surface area (Å²) < 4.78 is 0. The van der Waals surface area contributed by atoms with Gasteiger partial charge in [0.05, 0.1) is 4.92 Å². The molecule has 0 atom stereocenters. The Labute approximate surface area is 124 Å². The summed E-state index contributed by atoms with van der Waals surface area (Å²) in [5.74, 6) is 0.765.